The molecule has 0 fully saturated rings. The fourth-order valence-corrected chi connectivity index (χ4v) is 2.41. The molecule has 0 aliphatic heterocycles. The Bertz CT molecular complexity index is 569. The zero-order chi connectivity index (χ0) is 12.3. The van der Waals surface area contributed by atoms with Crippen molar-refractivity contribution >= 4 is 34.8 Å². The van der Waals surface area contributed by atoms with Gasteiger partial charge >= 0.3 is 0 Å². The average Bonchev–Trinajstić information content (AvgIpc) is 2.72. The largest absolute Gasteiger partial charge is 0.289 e. The molecule has 0 saturated carbocycles. The van der Waals surface area contributed by atoms with Gasteiger partial charge in [0.25, 0.3) is 0 Å². The van der Waals surface area contributed by atoms with Crippen LogP contribution in [0, 0.1) is 6.92 Å². The summed E-state index contributed by atoms with van der Waals surface area (Å²) < 4.78 is 0. The van der Waals surface area contributed by atoms with Crippen LogP contribution in [0.15, 0.2) is 42.5 Å². The smallest absolute Gasteiger partial charge is 0.185 e. The van der Waals surface area contributed by atoms with Crippen molar-refractivity contribution in [1.29, 1.82) is 0 Å². The fraction of sp³-hybridized carbons (Fsp3) is 0.0714. The van der Waals surface area contributed by atoms with E-state index < -0.39 is 0 Å². The minimum absolute atomic E-state index is 0.0291. The molecule has 17 heavy (non-hydrogen) atoms. The van der Waals surface area contributed by atoms with Crippen LogP contribution in [0.25, 0.3) is 6.08 Å². The van der Waals surface area contributed by atoms with Crippen LogP contribution >= 0.6 is 22.9 Å². The second-order valence-electron chi connectivity index (χ2n) is 3.66. The zero-order valence-electron chi connectivity index (χ0n) is 9.31. The first-order valence-corrected chi connectivity index (χ1v) is 6.39. The molecule has 0 atom stereocenters. The maximum Gasteiger partial charge on any atom is 0.185 e. The molecule has 0 radical (unpaired) electrons. The van der Waals surface area contributed by atoms with E-state index in [1.165, 1.54) is 4.88 Å². The lowest BCUT2D eigenvalue weighted by Gasteiger charge is -1.95. The lowest BCUT2D eigenvalue weighted by molar-refractivity contribution is 0.104. The van der Waals surface area contributed by atoms with Crippen LogP contribution in [0.3, 0.4) is 0 Å². The molecule has 1 nitrogen and oxygen atoms in total. The van der Waals surface area contributed by atoms with E-state index in [4.69, 9.17) is 11.6 Å². The Labute approximate surface area is 109 Å². The molecular weight excluding hydrogens is 252 g/mol. The number of ketones is 1. The van der Waals surface area contributed by atoms with Gasteiger partial charge in [-0.25, -0.2) is 0 Å². The highest BCUT2D eigenvalue weighted by Gasteiger charge is 2.02. The Morgan fingerprint density at radius 3 is 2.76 bits per heavy atom. The van der Waals surface area contributed by atoms with Gasteiger partial charge in [-0.05, 0) is 43.3 Å². The molecule has 86 valence electrons. The van der Waals surface area contributed by atoms with Gasteiger partial charge in [-0.2, -0.15) is 0 Å². The van der Waals surface area contributed by atoms with Gasteiger partial charge in [0.15, 0.2) is 5.78 Å². The van der Waals surface area contributed by atoms with E-state index >= 15 is 0 Å². The van der Waals surface area contributed by atoms with E-state index in [0.29, 0.717) is 10.6 Å². The molecule has 1 aromatic carbocycles. The highest BCUT2D eigenvalue weighted by molar-refractivity contribution is 7.12. The predicted molar refractivity (Wildman–Crippen MR) is 73.9 cm³/mol. The Balaban J connectivity index is 2.14. The number of hydrogen-bond acceptors (Lipinski definition) is 2. The number of aryl methyl sites for hydroxylation is 1. The number of thiophene rings is 1. The van der Waals surface area contributed by atoms with Crippen molar-refractivity contribution in [3.05, 3.63) is 62.8 Å². The summed E-state index contributed by atoms with van der Waals surface area (Å²) in [7, 11) is 0. The van der Waals surface area contributed by atoms with E-state index in [1.54, 1.807) is 41.7 Å². The van der Waals surface area contributed by atoms with Crippen LogP contribution in [0.1, 0.15) is 20.1 Å². The Kier molecular flexibility index (Phi) is 3.77. The Morgan fingerprint density at radius 1 is 1.29 bits per heavy atom. The van der Waals surface area contributed by atoms with Gasteiger partial charge in [0.1, 0.15) is 0 Å². The van der Waals surface area contributed by atoms with Gasteiger partial charge in [0.05, 0.1) is 0 Å². The van der Waals surface area contributed by atoms with E-state index in [0.717, 1.165) is 4.88 Å². The van der Waals surface area contributed by atoms with E-state index in [-0.39, 0.29) is 5.78 Å². The van der Waals surface area contributed by atoms with Gasteiger partial charge in [0, 0.05) is 20.3 Å². The van der Waals surface area contributed by atoms with Crippen LogP contribution in [-0.4, -0.2) is 5.78 Å². The number of hydrogen-bond donors (Lipinski definition) is 0. The van der Waals surface area contributed by atoms with Crippen LogP contribution in [0.4, 0.5) is 0 Å². The first kappa shape index (κ1) is 12.1. The topological polar surface area (TPSA) is 17.1 Å². The van der Waals surface area contributed by atoms with Crippen molar-refractivity contribution in [3.63, 3.8) is 0 Å². The number of allylic oxidation sites excluding steroid dienone is 1. The summed E-state index contributed by atoms with van der Waals surface area (Å²) >= 11 is 7.50. The van der Waals surface area contributed by atoms with Crippen molar-refractivity contribution < 1.29 is 4.79 Å². The van der Waals surface area contributed by atoms with Crippen LogP contribution < -0.4 is 0 Å². The number of halogens is 1. The highest BCUT2D eigenvalue weighted by atomic mass is 35.5. The molecule has 0 N–H and O–H groups in total. The standard InChI is InChI=1S/C14H11ClOS/c1-10-5-6-13(17-10)7-8-14(16)11-3-2-4-12(15)9-11/h2-9H,1H3. The van der Waals surface area contributed by atoms with Crippen molar-refractivity contribution in [2.45, 2.75) is 6.92 Å². The molecule has 0 aliphatic carbocycles. The maximum atomic E-state index is 11.8. The van der Waals surface area contributed by atoms with Crippen molar-refractivity contribution in [3.8, 4) is 0 Å². The fourth-order valence-electron chi connectivity index (χ4n) is 1.44. The molecule has 2 rings (SSSR count). The first-order chi connectivity index (χ1) is 8.15. The molecule has 0 aliphatic rings. The maximum absolute atomic E-state index is 11.8. The third-order valence-corrected chi connectivity index (χ3v) is 3.47. The van der Waals surface area contributed by atoms with Crippen LogP contribution in [0.5, 0.6) is 0 Å². The van der Waals surface area contributed by atoms with Gasteiger partial charge in [0.2, 0.25) is 0 Å². The van der Waals surface area contributed by atoms with Gasteiger partial charge in [-0.1, -0.05) is 23.7 Å². The summed E-state index contributed by atoms with van der Waals surface area (Å²) in [5.41, 5.74) is 0.613. The summed E-state index contributed by atoms with van der Waals surface area (Å²) in [6, 6.07) is 11.0. The van der Waals surface area contributed by atoms with Crippen LogP contribution in [-0.2, 0) is 0 Å². The minimum Gasteiger partial charge on any atom is -0.289 e. The molecule has 0 amide bonds. The molecular formula is C14H11ClOS. The second-order valence-corrected chi connectivity index (χ2v) is 5.41. The number of benzene rings is 1. The number of rotatable bonds is 3. The quantitative estimate of drug-likeness (QED) is 0.583. The molecule has 3 heteroatoms. The molecule has 0 bridgehead atoms. The van der Waals surface area contributed by atoms with E-state index in [1.807, 2.05) is 25.1 Å². The Morgan fingerprint density at radius 2 is 2.12 bits per heavy atom. The Hall–Kier alpha value is -1.38. The van der Waals surface area contributed by atoms with Gasteiger partial charge in [-0.15, -0.1) is 11.3 Å². The molecule has 2 aromatic rings. The van der Waals surface area contributed by atoms with E-state index in [9.17, 15) is 4.79 Å². The van der Waals surface area contributed by atoms with Crippen LogP contribution in [0.2, 0.25) is 5.02 Å². The summed E-state index contributed by atoms with van der Waals surface area (Å²) in [6.07, 6.45) is 3.41. The molecule has 0 unspecified atom stereocenters. The van der Waals surface area contributed by atoms with Crippen molar-refractivity contribution in [2.75, 3.05) is 0 Å². The first-order valence-electron chi connectivity index (χ1n) is 5.19. The summed E-state index contributed by atoms with van der Waals surface area (Å²) in [5.74, 6) is -0.0291. The third-order valence-electron chi connectivity index (χ3n) is 2.27. The van der Waals surface area contributed by atoms with Crippen molar-refractivity contribution in [2.24, 2.45) is 0 Å². The number of carbonyl (C=O) groups is 1. The SMILES string of the molecule is Cc1ccc(C=CC(=O)c2cccc(Cl)c2)s1. The molecule has 1 heterocycles. The molecule has 1 aromatic heterocycles. The van der Waals surface area contributed by atoms with Gasteiger partial charge in [-0.3, -0.25) is 4.79 Å². The summed E-state index contributed by atoms with van der Waals surface area (Å²) in [4.78, 5) is 14.2. The highest BCUT2D eigenvalue weighted by Crippen LogP contribution is 2.17. The molecule has 0 saturated heterocycles. The summed E-state index contributed by atoms with van der Waals surface area (Å²) in [6.45, 7) is 2.04. The zero-order valence-corrected chi connectivity index (χ0v) is 10.9. The lowest BCUT2D eigenvalue weighted by Crippen LogP contribution is -1.92. The lowest BCUT2D eigenvalue weighted by atomic mass is 10.1. The molecule has 0 spiro atoms. The second kappa shape index (κ2) is 5.30. The van der Waals surface area contributed by atoms with E-state index in [2.05, 4.69) is 0 Å². The summed E-state index contributed by atoms with van der Waals surface area (Å²) in [5, 5.41) is 0.580. The third kappa shape index (κ3) is 3.29. The number of carbonyl (C=O) groups excluding carboxylic acids is 1. The average molecular weight is 263 g/mol. The normalized spacial score (nSPS) is 10.9. The predicted octanol–water partition coefficient (Wildman–Crippen LogP) is 4.61. The van der Waals surface area contributed by atoms with Crippen molar-refractivity contribution in [1.82, 2.24) is 0 Å². The monoisotopic (exact) mass is 262 g/mol. The minimum atomic E-state index is -0.0291. The van der Waals surface area contributed by atoms with Gasteiger partial charge < -0.3 is 0 Å².